The fourth-order valence-electron chi connectivity index (χ4n) is 4.60. The molecule has 23 heavy (non-hydrogen) atoms. The quantitative estimate of drug-likeness (QED) is 0.729. The summed E-state index contributed by atoms with van der Waals surface area (Å²) in [5.41, 5.74) is -0.468. The molecular formula is C18H26N2O3. The van der Waals surface area contributed by atoms with Gasteiger partial charge in [-0.3, -0.25) is 19.3 Å². The van der Waals surface area contributed by atoms with Gasteiger partial charge in [-0.2, -0.15) is 0 Å². The molecule has 4 aliphatic rings. The second kappa shape index (κ2) is 5.32. The number of imide groups is 1. The SMILES string of the molecule is C[C@@H](C1CC1)N(C(=O)CN1C(=O)CC2(CCCC2)C1=O)C1CC1. The van der Waals surface area contributed by atoms with Gasteiger partial charge in [-0.25, -0.2) is 0 Å². The summed E-state index contributed by atoms with van der Waals surface area (Å²) in [5.74, 6) is 0.373. The smallest absolute Gasteiger partial charge is 0.243 e. The van der Waals surface area contributed by atoms with E-state index >= 15 is 0 Å². The molecule has 0 bridgehead atoms. The van der Waals surface area contributed by atoms with E-state index in [1.807, 2.05) is 4.90 Å². The Morgan fingerprint density at radius 1 is 1.22 bits per heavy atom. The van der Waals surface area contributed by atoms with Crippen molar-refractivity contribution in [3.05, 3.63) is 0 Å². The Morgan fingerprint density at radius 2 is 1.87 bits per heavy atom. The minimum absolute atomic E-state index is 0.0244. The molecule has 0 radical (unpaired) electrons. The van der Waals surface area contributed by atoms with Crippen LogP contribution >= 0.6 is 0 Å². The van der Waals surface area contributed by atoms with Gasteiger partial charge in [-0.15, -0.1) is 0 Å². The zero-order chi connectivity index (χ0) is 16.2. The third kappa shape index (κ3) is 2.58. The van der Waals surface area contributed by atoms with E-state index in [9.17, 15) is 14.4 Å². The molecule has 5 heteroatoms. The Kier molecular flexibility index (Phi) is 3.50. The van der Waals surface area contributed by atoms with E-state index in [0.717, 1.165) is 38.5 Å². The van der Waals surface area contributed by atoms with E-state index in [2.05, 4.69) is 6.92 Å². The van der Waals surface area contributed by atoms with Crippen LogP contribution in [0.1, 0.15) is 64.7 Å². The highest BCUT2D eigenvalue weighted by molar-refractivity contribution is 6.08. The summed E-state index contributed by atoms with van der Waals surface area (Å²) in [6.07, 6.45) is 8.51. The molecule has 0 aromatic heterocycles. The van der Waals surface area contributed by atoms with Gasteiger partial charge in [0, 0.05) is 18.5 Å². The fraction of sp³-hybridized carbons (Fsp3) is 0.833. The highest BCUT2D eigenvalue weighted by Gasteiger charge is 2.53. The van der Waals surface area contributed by atoms with Gasteiger partial charge in [-0.1, -0.05) is 12.8 Å². The van der Waals surface area contributed by atoms with Crippen molar-refractivity contribution in [1.29, 1.82) is 0 Å². The van der Waals surface area contributed by atoms with Crippen LogP contribution in [0, 0.1) is 11.3 Å². The van der Waals surface area contributed by atoms with Crippen molar-refractivity contribution in [2.45, 2.75) is 76.8 Å². The Balaban J connectivity index is 1.47. The average molecular weight is 318 g/mol. The van der Waals surface area contributed by atoms with Gasteiger partial charge < -0.3 is 4.90 Å². The first-order chi connectivity index (χ1) is 11.0. The van der Waals surface area contributed by atoms with Gasteiger partial charge in [0.25, 0.3) is 0 Å². The third-order valence-electron chi connectivity index (χ3n) is 6.31. The maximum absolute atomic E-state index is 12.8. The van der Waals surface area contributed by atoms with Crippen molar-refractivity contribution >= 4 is 17.7 Å². The molecule has 0 aromatic rings. The lowest BCUT2D eigenvalue weighted by atomic mass is 9.84. The minimum Gasteiger partial charge on any atom is -0.335 e. The molecule has 1 atom stereocenters. The molecule has 3 saturated carbocycles. The highest BCUT2D eigenvalue weighted by atomic mass is 16.2. The molecule has 3 amide bonds. The molecule has 0 aromatic carbocycles. The maximum Gasteiger partial charge on any atom is 0.243 e. The van der Waals surface area contributed by atoms with Gasteiger partial charge in [-0.05, 0) is 51.4 Å². The predicted octanol–water partition coefficient (Wildman–Crippen LogP) is 2.10. The van der Waals surface area contributed by atoms with Crippen LogP contribution in [0.5, 0.6) is 0 Å². The Hall–Kier alpha value is -1.39. The topological polar surface area (TPSA) is 57.7 Å². The van der Waals surface area contributed by atoms with Crippen LogP contribution in [0.3, 0.4) is 0 Å². The molecule has 1 spiro atoms. The first-order valence-corrected chi connectivity index (χ1v) is 9.18. The van der Waals surface area contributed by atoms with E-state index in [4.69, 9.17) is 0 Å². The number of hydrogen-bond donors (Lipinski definition) is 0. The largest absolute Gasteiger partial charge is 0.335 e. The van der Waals surface area contributed by atoms with E-state index in [0.29, 0.717) is 18.4 Å². The molecule has 126 valence electrons. The number of likely N-dealkylation sites (tertiary alicyclic amines) is 1. The van der Waals surface area contributed by atoms with Gasteiger partial charge in [0.05, 0.1) is 5.41 Å². The van der Waals surface area contributed by atoms with Gasteiger partial charge in [0.15, 0.2) is 0 Å². The summed E-state index contributed by atoms with van der Waals surface area (Å²) in [6.45, 7) is 2.09. The number of amides is 3. The molecule has 1 saturated heterocycles. The third-order valence-corrected chi connectivity index (χ3v) is 6.31. The van der Waals surface area contributed by atoms with Crippen LogP contribution in [0.25, 0.3) is 0 Å². The molecule has 1 aliphatic heterocycles. The maximum atomic E-state index is 12.8. The summed E-state index contributed by atoms with van der Waals surface area (Å²) in [6, 6.07) is 0.592. The van der Waals surface area contributed by atoms with Crippen LogP contribution in [-0.2, 0) is 14.4 Å². The number of carbonyl (C=O) groups is 3. The molecule has 4 fully saturated rings. The number of carbonyl (C=O) groups excluding carboxylic acids is 3. The lowest BCUT2D eigenvalue weighted by molar-refractivity contribution is -0.148. The standard InChI is InChI=1S/C18H26N2O3/c1-12(13-4-5-13)20(14-6-7-14)16(22)11-19-15(21)10-18(17(19)23)8-2-3-9-18/h12-14H,2-11H2,1H3/t12-/m0/s1. The Morgan fingerprint density at radius 3 is 2.43 bits per heavy atom. The first-order valence-electron chi connectivity index (χ1n) is 9.18. The highest BCUT2D eigenvalue weighted by Crippen LogP contribution is 2.47. The molecule has 3 aliphatic carbocycles. The second-order valence-electron chi connectivity index (χ2n) is 8.06. The number of rotatable bonds is 5. The van der Waals surface area contributed by atoms with E-state index in [1.54, 1.807) is 0 Å². The predicted molar refractivity (Wildman–Crippen MR) is 84.3 cm³/mol. The molecular weight excluding hydrogens is 292 g/mol. The summed E-state index contributed by atoms with van der Waals surface area (Å²) < 4.78 is 0. The fourth-order valence-corrected chi connectivity index (χ4v) is 4.60. The van der Waals surface area contributed by atoms with Crippen molar-refractivity contribution in [3.63, 3.8) is 0 Å². The number of hydrogen-bond acceptors (Lipinski definition) is 3. The molecule has 4 rings (SSSR count). The van der Waals surface area contributed by atoms with Crippen LogP contribution in [0.15, 0.2) is 0 Å². The zero-order valence-corrected chi connectivity index (χ0v) is 13.9. The van der Waals surface area contributed by atoms with Crippen LogP contribution in [0.4, 0.5) is 0 Å². The minimum atomic E-state index is -0.468. The van der Waals surface area contributed by atoms with Crippen molar-refractivity contribution in [2.75, 3.05) is 6.54 Å². The van der Waals surface area contributed by atoms with Gasteiger partial charge in [0.2, 0.25) is 17.7 Å². The monoisotopic (exact) mass is 318 g/mol. The second-order valence-corrected chi connectivity index (χ2v) is 8.06. The van der Waals surface area contributed by atoms with Crippen molar-refractivity contribution in [2.24, 2.45) is 11.3 Å². The number of nitrogens with zero attached hydrogens (tertiary/aromatic N) is 2. The summed E-state index contributed by atoms with van der Waals surface area (Å²) >= 11 is 0. The Bertz CT molecular complexity index is 544. The average Bonchev–Trinajstić information content (AvgIpc) is 3.43. The Labute approximate surface area is 137 Å². The van der Waals surface area contributed by atoms with Crippen molar-refractivity contribution < 1.29 is 14.4 Å². The van der Waals surface area contributed by atoms with E-state index in [-0.39, 0.29) is 30.3 Å². The van der Waals surface area contributed by atoms with Crippen LogP contribution in [0.2, 0.25) is 0 Å². The summed E-state index contributed by atoms with van der Waals surface area (Å²) in [5, 5.41) is 0. The molecule has 1 heterocycles. The summed E-state index contributed by atoms with van der Waals surface area (Å²) in [4.78, 5) is 41.2. The van der Waals surface area contributed by atoms with Crippen molar-refractivity contribution in [1.82, 2.24) is 9.80 Å². The van der Waals surface area contributed by atoms with E-state index < -0.39 is 5.41 Å². The zero-order valence-electron chi connectivity index (χ0n) is 13.9. The van der Waals surface area contributed by atoms with Crippen molar-refractivity contribution in [3.8, 4) is 0 Å². The molecule has 5 nitrogen and oxygen atoms in total. The van der Waals surface area contributed by atoms with Gasteiger partial charge in [0.1, 0.15) is 6.54 Å². The van der Waals surface area contributed by atoms with Crippen LogP contribution < -0.4 is 0 Å². The first kappa shape index (κ1) is 15.2. The summed E-state index contributed by atoms with van der Waals surface area (Å²) in [7, 11) is 0. The lowest BCUT2D eigenvalue weighted by Gasteiger charge is -2.31. The van der Waals surface area contributed by atoms with Crippen LogP contribution in [-0.4, -0.2) is 46.1 Å². The molecule has 0 unspecified atom stereocenters. The molecule has 0 N–H and O–H groups in total. The van der Waals surface area contributed by atoms with E-state index in [1.165, 1.54) is 17.7 Å². The van der Waals surface area contributed by atoms with Gasteiger partial charge >= 0.3 is 0 Å². The normalized spacial score (nSPS) is 27.8. The lowest BCUT2D eigenvalue weighted by Crippen LogP contribution is -2.48.